The summed E-state index contributed by atoms with van der Waals surface area (Å²) < 4.78 is 11.4. The highest BCUT2D eigenvalue weighted by atomic mass is 32.2. The van der Waals surface area contributed by atoms with Crippen LogP contribution in [0.1, 0.15) is 32.6 Å². The van der Waals surface area contributed by atoms with E-state index in [2.05, 4.69) is 23.2 Å². The van der Waals surface area contributed by atoms with E-state index >= 15 is 0 Å². The Kier molecular flexibility index (Phi) is 4.77. The van der Waals surface area contributed by atoms with Crippen molar-refractivity contribution in [3.8, 4) is 6.07 Å². The van der Waals surface area contributed by atoms with Gasteiger partial charge in [-0.3, -0.25) is 14.4 Å². The summed E-state index contributed by atoms with van der Waals surface area (Å²) in [5, 5.41) is 12.8. The Hall–Kier alpha value is -0.440. The zero-order valence-electron chi connectivity index (χ0n) is 11.2. The number of rotatable bonds is 4. The lowest BCUT2D eigenvalue weighted by Gasteiger charge is -2.32. The van der Waals surface area contributed by atoms with Crippen LogP contribution < -0.4 is 5.32 Å². The first-order valence-electron chi connectivity index (χ1n) is 6.94. The first kappa shape index (κ1) is 14.0. The van der Waals surface area contributed by atoms with Gasteiger partial charge in [-0.15, -0.1) is 0 Å². The second-order valence-electron chi connectivity index (χ2n) is 5.40. The third-order valence-corrected chi connectivity index (χ3v) is 5.42. The van der Waals surface area contributed by atoms with Gasteiger partial charge in [-0.25, -0.2) is 0 Å². The summed E-state index contributed by atoms with van der Waals surface area (Å²) in [5.41, 5.74) is -0.308. The van der Waals surface area contributed by atoms with E-state index < -0.39 is 10.8 Å². The minimum atomic E-state index is -0.609. The van der Waals surface area contributed by atoms with Crippen molar-refractivity contribution in [2.45, 2.75) is 44.2 Å². The highest BCUT2D eigenvalue weighted by Crippen LogP contribution is 2.33. The van der Waals surface area contributed by atoms with Crippen molar-refractivity contribution in [2.75, 3.05) is 31.1 Å². The molecule has 0 aromatic rings. The van der Waals surface area contributed by atoms with E-state index in [1.807, 2.05) is 0 Å². The van der Waals surface area contributed by atoms with E-state index in [0.29, 0.717) is 6.04 Å². The summed E-state index contributed by atoms with van der Waals surface area (Å²) >= 11 is 0. The molecule has 2 aliphatic rings. The smallest absolute Gasteiger partial charge is 0.108 e. The highest BCUT2D eigenvalue weighted by Gasteiger charge is 2.41. The molecule has 1 N–H and O–H groups in total. The van der Waals surface area contributed by atoms with Crippen LogP contribution in [0, 0.1) is 11.3 Å². The molecular formula is C13H23N3OS. The Bertz CT molecular complexity index is 345. The Morgan fingerprint density at radius 3 is 2.83 bits per heavy atom. The van der Waals surface area contributed by atoms with Crippen LogP contribution in [0.15, 0.2) is 0 Å². The molecule has 2 rings (SSSR count). The monoisotopic (exact) mass is 269 g/mol. The SMILES string of the molecule is CCCNC1(C#N)CCC(N2CCS(=O)CC2)C1. The highest BCUT2D eigenvalue weighted by molar-refractivity contribution is 7.85. The van der Waals surface area contributed by atoms with Gasteiger partial charge in [0.25, 0.3) is 0 Å². The molecule has 0 aromatic heterocycles. The van der Waals surface area contributed by atoms with Crippen molar-refractivity contribution in [1.82, 2.24) is 10.2 Å². The van der Waals surface area contributed by atoms with Crippen LogP contribution >= 0.6 is 0 Å². The molecule has 0 amide bonds. The van der Waals surface area contributed by atoms with E-state index in [9.17, 15) is 9.47 Å². The van der Waals surface area contributed by atoms with Gasteiger partial charge in [0.1, 0.15) is 5.54 Å². The molecule has 102 valence electrons. The summed E-state index contributed by atoms with van der Waals surface area (Å²) in [6, 6.07) is 3.00. The van der Waals surface area contributed by atoms with Gasteiger partial charge >= 0.3 is 0 Å². The number of nitrogens with one attached hydrogen (secondary N) is 1. The molecule has 1 saturated heterocycles. The zero-order chi connectivity index (χ0) is 13.0. The van der Waals surface area contributed by atoms with Crippen LogP contribution in [0.4, 0.5) is 0 Å². The van der Waals surface area contributed by atoms with Gasteiger partial charge in [0.2, 0.25) is 0 Å². The van der Waals surface area contributed by atoms with E-state index in [1.165, 1.54) is 0 Å². The van der Waals surface area contributed by atoms with Crippen molar-refractivity contribution in [2.24, 2.45) is 0 Å². The van der Waals surface area contributed by atoms with Gasteiger partial charge < -0.3 is 0 Å². The maximum Gasteiger partial charge on any atom is 0.108 e. The first-order chi connectivity index (χ1) is 8.69. The lowest BCUT2D eigenvalue weighted by Crippen LogP contribution is -2.47. The molecule has 1 heterocycles. The Labute approximate surface area is 112 Å². The van der Waals surface area contributed by atoms with E-state index in [-0.39, 0.29) is 5.54 Å². The third kappa shape index (κ3) is 3.11. The fraction of sp³-hybridized carbons (Fsp3) is 0.923. The van der Waals surface area contributed by atoms with Crippen LogP contribution in [0.2, 0.25) is 0 Å². The molecule has 5 heteroatoms. The van der Waals surface area contributed by atoms with Crippen LogP contribution in [-0.2, 0) is 10.8 Å². The van der Waals surface area contributed by atoms with Crippen LogP contribution in [0.5, 0.6) is 0 Å². The molecule has 0 spiro atoms. The van der Waals surface area contributed by atoms with Crippen molar-refractivity contribution < 1.29 is 4.21 Å². The van der Waals surface area contributed by atoms with Crippen LogP contribution in [0.25, 0.3) is 0 Å². The topological polar surface area (TPSA) is 56.1 Å². The van der Waals surface area contributed by atoms with Crippen molar-refractivity contribution in [1.29, 1.82) is 5.26 Å². The molecule has 18 heavy (non-hydrogen) atoms. The molecule has 0 aromatic carbocycles. The number of nitriles is 1. The molecule has 0 radical (unpaired) electrons. The van der Waals surface area contributed by atoms with E-state index in [1.54, 1.807) is 0 Å². The van der Waals surface area contributed by atoms with Gasteiger partial charge in [-0.1, -0.05) is 6.92 Å². The first-order valence-corrected chi connectivity index (χ1v) is 8.43. The van der Waals surface area contributed by atoms with Crippen LogP contribution in [0.3, 0.4) is 0 Å². The predicted molar refractivity (Wildman–Crippen MR) is 73.7 cm³/mol. The standard InChI is InChI=1S/C13H23N3OS/c1-2-5-15-13(11-14)4-3-12(10-13)16-6-8-18(17)9-7-16/h12,15H,2-10H2,1H3. The average Bonchev–Trinajstić information content (AvgIpc) is 2.82. The van der Waals surface area contributed by atoms with Gasteiger partial charge in [-0.2, -0.15) is 5.26 Å². The second kappa shape index (κ2) is 6.14. The van der Waals surface area contributed by atoms with E-state index in [4.69, 9.17) is 0 Å². The minimum absolute atomic E-state index is 0.308. The van der Waals surface area contributed by atoms with Crippen molar-refractivity contribution >= 4 is 10.8 Å². The molecule has 1 saturated carbocycles. The second-order valence-corrected chi connectivity index (χ2v) is 7.10. The maximum atomic E-state index is 11.4. The molecule has 0 bridgehead atoms. The van der Waals surface area contributed by atoms with E-state index in [0.717, 1.165) is 56.8 Å². The number of nitrogens with zero attached hydrogens (tertiary/aromatic N) is 2. The van der Waals surface area contributed by atoms with Crippen molar-refractivity contribution in [3.05, 3.63) is 0 Å². The molecule has 1 aliphatic carbocycles. The molecule has 2 atom stereocenters. The fourth-order valence-corrected chi connectivity index (χ4v) is 4.09. The zero-order valence-corrected chi connectivity index (χ0v) is 12.0. The third-order valence-electron chi connectivity index (χ3n) is 4.14. The molecular weight excluding hydrogens is 246 g/mol. The lowest BCUT2D eigenvalue weighted by molar-refractivity contribution is 0.210. The number of hydrogen-bond donors (Lipinski definition) is 1. The summed E-state index contributed by atoms with van der Waals surface area (Å²) in [6.07, 6.45) is 4.04. The summed E-state index contributed by atoms with van der Waals surface area (Å²) in [7, 11) is -0.609. The van der Waals surface area contributed by atoms with Crippen LogP contribution in [-0.4, -0.2) is 51.8 Å². The van der Waals surface area contributed by atoms with Gasteiger partial charge in [0.05, 0.1) is 6.07 Å². The lowest BCUT2D eigenvalue weighted by atomic mass is 9.99. The molecule has 2 unspecified atom stereocenters. The fourth-order valence-electron chi connectivity index (χ4n) is 3.01. The summed E-state index contributed by atoms with van der Waals surface area (Å²) in [4.78, 5) is 2.44. The summed E-state index contributed by atoms with van der Waals surface area (Å²) in [6.45, 7) is 4.92. The molecule has 2 fully saturated rings. The Morgan fingerprint density at radius 2 is 2.22 bits per heavy atom. The average molecular weight is 269 g/mol. The van der Waals surface area contributed by atoms with Gasteiger partial charge in [0.15, 0.2) is 0 Å². The Balaban J connectivity index is 1.90. The molecule has 4 nitrogen and oxygen atoms in total. The maximum absolute atomic E-state index is 11.4. The van der Waals surface area contributed by atoms with Gasteiger partial charge in [-0.05, 0) is 32.2 Å². The Morgan fingerprint density at radius 1 is 1.50 bits per heavy atom. The van der Waals surface area contributed by atoms with Crippen molar-refractivity contribution in [3.63, 3.8) is 0 Å². The normalized spacial score (nSPS) is 34.6. The number of hydrogen-bond acceptors (Lipinski definition) is 4. The van der Waals surface area contributed by atoms with Gasteiger partial charge in [0, 0.05) is 41.4 Å². The predicted octanol–water partition coefficient (Wildman–Crippen LogP) is 0.865. The summed E-state index contributed by atoms with van der Waals surface area (Å²) in [5.74, 6) is 1.61. The minimum Gasteiger partial charge on any atom is -0.299 e. The quantitative estimate of drug-likeness (QED) is 0.822. The molecule has 1 aliphatic heterocycles. The largest absolute Gasteiger partial charge is 0.299 e.